The van der Waals surface area contributed by atoms with Gasteiger partial charge in [-0.2, -0.15) is 0 Å². The second kappa shape index (κ2) is 10.4. The van der Waals surface area contributed by atoms with Crippen molar-refractivity contribution in [1.82, 2.24) is 0 Å². The van der Waals surface area contributed by atoms with Gasteiger partial charge in [-0.05, 0) is 0 Å². The predicted octanol–water partition coefficient (Wildman–Crippen LogP) is -1.62. The van der Waals surface area contributed by atoms with Crippen LogP contribution in [0.4, 0.5) is 0 Å². The van der Waals surface area contributed by atoms with Crippen LogP contribution in [0.1, 0.15) is 0 Å². The second-order valence-electron chi connectivity index (χ2n) is 0.231. The van der Waals surface area contributed by atoms with Crippen molar-refractivity contribution in [2.45, 2.75) is 0 Å². The van der Waals surface area contributed by atoms with Crippen molar-refractivity contribution < 1.29 is 65.0 Å². The van der Waals surface area contributed by atoms with Crippen molar-refractivity contribution in [2.24, 2.45) is 0 Å². The Morgan fingerprint density at radius 3 is 1.33 bits per heavy atom. The molecule has 0 aliphatic rings. The van der Waals surface area contributed by atoms with Gasteiger partial charge in [0.1, 0.15) is 0 Å². The van der Waals surface area contributed by atoms with E-state index in [0.717, 1.165) is 0 Å². The van der Waals surface area contributed by atoms with E-state index < -0.39 is 20.4 Å². The van der Waals surface area contributed by atoms with E-state index in [-0.39, 0.29) is 55.0 Å². The largest absolute Gasteiger partial charge is 0 e. The molecule has 2 N–H and O–H groups in total. The van der Waals surface area contributed by atoms with Gasteiger partial charge in [0, 0.05) is 55.0 Å². The minimum Gasteiger partial charge on any atom is 0 e. The number of hydrogen-bond acceptors (Lipinski definition) is 1. The molecule has 6 heavy (non-hydrogen) atoms. The fourth-order valence-electron chi connectivity index (χ4n) is 0. The Morgan fingerprint density at radius 1 is 1.33 bits per heavy atom. The van der Waals surface area contributed by atoms with Crippen LogP contribution < -0.4 is 0 Å². The van der Waals surface area contributed by atoms with Gasteiger partial charge in [-0.15, -0.1) is 0 Å². The Hall–Kier alpha value is 2.37. The molecule has 3 nitrogen and oxygen atoms in total. The van der Waals surface area contributed by atoms with Crippen molar-refractivity contribution in [3.8, 4) is 0 Å². The third-order valence-electron chi connectivity index (χ3n) is 0. The summed E-state index contributed by atoms with van der Waals surface area (Å²) in [5.74, 6) is 0. The van der Waals surface area contributed by atoms with E-state index in [4.69, 9.17) is 10.0 Å². The SMILES string of the molecule is O=[Te](O)O.[Cd].[Hg]. The zero-order chi connectivity index (χ0) is 3.58. The Bertz CT molecular complexity index is 33.8. The van der Waals surface area contributed by atoms with Gasteiger partial charge >= 0.3 is 30.4 Å². The topological polar surface area (TPSA) is 57.5 Å². The van der Waals surface area contributed by atoms with Crippen LogP contribution in [-0.2, 0) is 58.1 Å². The zero-order valence-electron chi connectivity index (χ0n) is 3.13. The van der Waals surface area contributed by atoms with Crippen molar-refractivity contribution >= 4 is 20.4 Å². The zero-order valence-corrected chi connectivity index (χ0v) is 15.0. The summed E-state index contributed by atoms with van der Waals surface area (Å²) in [6.07, 6.45) is 0. The van der Waals surface area contributed by atoms with Gasteiger partial charge in [0.25, 0.3) is 0 Å². The van der Waals surface area contributed by atoms with Crippen LogP contribution in [0.5, 0.6) is 0 Å². The summed E-state index contributed by atoms with van der Waals surface area (Å²) in [6.45, 7) is 0. The first-order chi connectivity index (χ1) is 1.73. The average molecular weight is 491 g/mol. The second-order valence-corrected chi connectivity index (χ2v) is 1.55. The van der Waals surface area contributed by atoms with Crippen LogP contribution >= 0.6 is 0 Å². The van der Waals surface area contributed by atoms with Gasteiger partial charge in [0.05, 0.1) is 0 Å². The summed E-state index contributed by atoms with van der Waals surface area (Å²) in [5, 5.41) is 0. The maximum Gasteiger partial charge on any atom is 0 e. The molecule has 0 unspecified atom stereocenters. The molecule has 0 rings (SSSR count). The van der Waals surface area contributed by atoms with Crippen molar-refractivity contribution in [3.63, 3.8) is 0 Å². The van der Waals surface area contributed by atoms with Crippen LogP contribution in [-0.4, -0.2) is 27.3 Å². The van der Waals surface area contributed by atoms with E-state index in [0.29, 0.717) is 0 Å². The van der Waals surface area contributed by atoms with Crippen molar-refractivity contribution in [1.29, 1.82) is 0 Å². The van der Waals surface area contributed by atoms with Crippen molar-refractivity contribution in [2.75, 3.05) is 0 Å². The summed E-state index contributed by atoms with van der Waals surface area (Å²) in [6, 6.07) is 0. The van der Waals surface area contributed by atoms with E-state index >= 15 is 0 Å². The monoisotopic (exact) mass is 496 g/mol. The smallest absolute Gasteiger partial charge is 0 e. The van der Waals surface area contributed by atoms with E-state index in [9.17, 15) is 0 Å². The molecule has 6 heteroatoms. The Kier molecular flexibility index (Phi) is 27.2. The summed E-state index contributed by atoms with van der Waals surface area (Å²) < 4.78 is 23.3. The first kappa shape index (κ1) is 15.8. The van der Waals surface area contributed by atoms with E-state index in [1.165, 1.54) is 0 Å². The molecular weight excluding hydrogens is 489 g/mol. The molecule has 0 radical (unpaired) electrons. The Labute approximate surface area is 83.9 Å². The Morgan fingerprint density at radius 2 is 1.33 bits per heavy atom. The van der Waals surface area contributed by atoms with E-state index in [2.05, 4.69) is 0 Å². The van der Waals surface area contributed by atoms with Gasteiger partial charge in [0.15, 0.2) is 0 Å². The molecule has 0 aliphatic carbocycles. The van der Waals surface area contributed by atoms with Gasteiger partial charge in [-0.1, -0.05) is 0 Å². The summed E-state index contributed by atoms with van der Waals surface area (Å²) in [4.78, 5) is 0. The first-order valence-corrected chi connectivity index (χ1v) is 3.57. The molecule has 0 aromatic rings. The maximum atomic E-state index is 8.81. The van der Waals surface area contributed by atoms with Gasteiger partial charge in [-0.3, -0.25) is 0 Å². The maximum absolute atomic E-state index is 8.81. The normalized spacial score (nSPS) is 5.83. The van der Waals surface area contributed by atoms with Gasteiger partial charge < -0.3 is 0 Å². The van der Waals surface area contributed by atoms with E-state index in [1.807, 2.05) is 0 Å². The molecular formula is H2CdHgO3Te. The molecule has 0 aromatic heterocycles. The van der Waals surface area contributed by atoms with Crippen LogP contribution in [0.15, 0.2) is 0 Å². The minimum absolute atomic E-state index is 0. The molecule has 0 aliphatic heterocycles. The summed E-state index contributed by atoms with van der Waals surface area (Å²) in [7, 11) is 0. The minimum atomic E-state index is -3.61. The standard InChI is InChI=1S/Cd.Hg.H2O3Te/c;;1-4(2)3/h;;(H2,1,2,3). The molecule has 0 heterocycles. The van der Waals surface area contributed by atoms with Crippen LogP contribution in [0.3, 0.4) is 0 Å². The van der Waals surface area contributed by atoms with Crippen molar-refractivity contribution in [3.05, 3.63) is 0 Å². The molecule has 0 spiro atoms. The van der Waals surface area contributed by atoms with Crippen LogP contribution in [0, 0.1) is 0 Å². The summed E-state index contributed by atoms with van der Waals surface area (Å²) in [5.41, 5.74) is 0. The molecule has 30 valence electrons. The van der Waals surface area contributed by atoms with Gasteiger partial charge in [0.2, 0.25) is 0 Å². The average Bonchev–Trinajstić information content (AvgIpc) is 0.811. The van der Waals surface area contributed by atoms with Crippen LogP contribution in [0.25, 0.3) is 0 Å². The van der Waals surface area contributed by atoms with Crippen LogP contribution in [0.2, 0.25) is 0 Å². The number of rotatable bonds is 0. The summed E-state index contributed by atoms with van der Waals surface area (Å²) >= 11 is -3.61. The molecule has 0 amide bonds. The fourth-order valence-corrected chi connectivity index (χ4v) is 0. The molecule has 0 atom stereocenters. The number of hydrogen-bond donors (Lipinski definition) is 2. The quantitative estimate of drug-likeness (QED) is 0.402. The molecule has 0 aromatic carbocycles. The Balaban J connectivity index is -0.0000000450. The third kappa shape index (κ3) is 32.7. The van der Waals surface area contributed by atoms with Gasteiger partial charge in [-0.25, -0.2) is 0 Å². The molecule has 0 fully saturated rings. The first-order valence-electron chi connectivity index (χ1n) is 0.532. The third-order valence-corrected chi connectivity index (χ3v) is 0. The fraction of sp³-hybridized carbons (Fsp3) is 0. The predicted molar refractivity (Wildman–Crippen MR) is 10.9 cm³/mol. The molecule has 0 bridgehead atoms. The molecule has 0 saturated heterocycles. The molecule has 0 saturated carbocycles. The van der Waals surface area contributed by atoms with E-state index in [1.54, 1.807) is 0 Å².